The van der Waals surface area contributed by atoms with Crippen molar-refractivity contribution in [2.24, 2.45) is 0 Å². The van der Waals surface area contributed by atoms with Gasteiger partial charge in [0.2, 0.25) is 5.78 Å². The van der Waals surface area contributed by atoms with Crippen LogP contribution in [0.5, 0.6) is 0 Å². The molecule has 86 valence electrons. The number of thiazole rings is 1. The predicted octanol–water partition coefficient (Wildman–Crippen LogP) is 2.78. The molecule has 0 aliphatic heterocycles. The summed E-state index contributed by atoms with van der Waals surface area (Å²) in [5.41, 5.74) is 3.94. The minimum absolute atomic E-state index is 0.739. The van der Waals surface area contributed by atoms with E-state index >= 15 is 0 Å². The van der Waals surface area contributed by atoms with Gasteiger partial charge in [0.25, 0.3) is 0 Å². The van der Waals surface area contributed by atoms with Gasteiger partial charge in [-0.15, -0.1) is 11.3 Å². The number of nitrogens with zero attached hydrogens (tertiary/aromatic N) is 4. The molecule has 17 heavy (non-hydrogen) atoms. The van der Waals surface area contributed by atoms with Gasteiger partial charge in [0.15, 0.2) is 0 Å². The van der Waals surface area contributed by atoms with Crippen LogP contribution in [-0.2, 0) is 0 Å². The molecule has 0 radical (unpaired) electrons. The molecule has 0 spiro atoms. The normalized spacial score (nSPS) is 11.2. The first kappa shape index (κ1) is 10.4. The summed E-state index contributed by atoms with van der Waals surface area (Å²) in [6.45, 7) is 6.03. The van der Waals surface area contributed by atoms with E-state index in [0.29, 0.717) is 0 Å². The van der Waals surface area contributed by atoms with Crippen molar-refractivity contribution in [3.63, 3.8) is 0 Å². The Morgan fingerprint density at radius 1 is 1.06 bits per heavy atom. The maximum Gasteiger partial charge on any atom is 0.234 e. The van der Waals surface area contributed by atoms with Gasteiger partial charge in [0.05, 0.1) is 5.01 Å². The van der Waals surface area contributed by atoms with Crippen molar-refractivity contribution in [3.8, 4) is 11.4 Å². The third-order valence-corrected chi connectivity index (χ3v) is 3.42. The smallest absolute Gasteiger partial charge is 0.234 e. The largest absolute Gasteiger partial charge is 0.288 e. The van der Waals surface area contributed by atoms with Crippen LogP contribution in [0.15, 0.2) is 17.6 Å². The average molecular weight is 244 g/mol. The predicted molar refractivity (Wildman–Crippen MR) is 68.3 cm³/mol. The van der Waals surface area contributed by atoms with E-state index in [0.717, 1.165) is 33.6 Å². The number of rotatable bonds is 1. The number of fused-ring (bicyclic) bond motifs is 1. The van der Waals surface area contributed by atoms with Crippen molar-refractivity contribution in [2.75, 3.05) is 0 Å². The molecule has 0 fully saturated rings. The molecule has 4 nitrogen and oxygen atoms in total. The van der Waals surface area contributed by atoms with Crippen molar-refractivity contribution < 1.29 is 0 Å². The first-order chi connectivity index (χ1) is 8.13. The molecule has 0 bridgehead atoms. The molecule has 3 aromatic rings. The van der Waals surface area contributed by atoms with Crippen LogP contribution in [-0.4, -0.2) is 19.4 Å². The summed E-state index contributed by atoms with van der Waals surface area (Å²) in [6.07, 6.45) is 1.99. The Bertz CT molecular complexity index is 696. The van der Waals surface area contributed by atoms with Crippen LogP contribution in [0.1, 0.15) is 16.4 Å². The van der Waals surface area contributed by atoms with Gasteiger partial charge >= 0.3 is 0 Å². The summed E-state index contributed by atoms with van der Waals surface area (Å²) in [4.78, 5) is 13.4. The van der Waals surface area contributed by atoms with Crippen molar-refractivity contribution in [3.05, 3.63) is 34.0 Å². The standard InChI is InChI=1S/C12H12N4S/c1-7-4-8(2)16-5-10(15-12(16)13-7)11-6-17-9(3)14-11/h4-6H,1-3H3. The average Bonchev–Trinajstić information content (AvgIpc) is 2.83. The lowest BCUT2D eigenvalue weighted by Crippen LogP contribution is -1.94. The fourth-order valence-electron chi connectivity index (χ4n) is 1.88. The minimum atomic E-state index is 0.739. The Morgan fingerprint density at radius 3 is 2.59 bits per heavy atom. The second-order valence-corrected chi connectivity index (χ2v) is 5.15. The molecule has 0 unspecified atom stereocenters. The fraction of sp³-hybridized carbons (Fsp3) is 0.250. The van der Waals surface area contributed by atoms with E-state index in [4.69, 9.17) is 0 Å². The molecular weight excluding hydrogens is 232 g/mol. The van der Waals surface area contributed by atoms with Gasteiger partial charge in [-0.05, 0) is 26.8 Å². The molecule has 0 aromatic carbocycles. The van der Waals surface area contributed by atoms with Crippen LogP contribution in [0.2, 0.25) is 0 Å². The highest BCUT2D eigenvalue weighted by atomic mass is 32.1. The number of aromatic nitrogens is 4. The Labute approximate surface area is 103 Å². The van der Waals surface area contributed by atoms with Crippen LogP contribution >= 0.6 is 11.3 Å². The third-order valence-electron chi connectivity index (χ3n) is 2.64. The highest BCUT2D eigenvalue weighted by molar-refractivity contribution is 7.09. The zero-order valence-electron chi connectivity index (χ0n) is 9.93. The van der Waals surface area contributed by atoms with Gasteiger partial charge in [-0.1, -0.05) is 0 Å². The van der Waals surface area contributed by atoms with Crippen LogP contribution in [0, 0.1) is 20.8 Å². The first-order valence-corrected chi connectivity index (χ1v) is 6.27. The lowest BCUT2D eigenvalue weighted by atomic mass is 10.3. The van der Waals surface area contributed by atoms with Gasteiger partial charge in [0.1, 0.15) is 11.4 Å². The SMILES string of the molecule is Cc1cc(C)n2cc(-c3csc(C)n3)nc2n1. The van der Waals surface area contributed by atoms with Gasteiger partial charge in [-0.3, -0.25) is 4.40 Å². The summed E-state index contributed by atoms with van der Waals surface area (Å²) in [5.74, 6) is 0.739. The van der Waals surface area contributed by atoms with E-state index in [1.165, 1.54) is 0 Å². The lowest BCUT2D eigenvalue weighted by Gasteiger charge is -1.98. The zero-order valence-corrected chi connectivity index (χ0v) is 10.7. The molecule has 3 aromatic heterocycles. The van der Waals surface area contributed by atoms with Crippen molar-refractivity contribution in [1.82, 2.24) is 19.4 Å². The van der Waals surface area contributed by atoms with Gasteiger partial charge in [-0.25, -0.2) is 15.0 Å². The maximum absolute atomic E-state index is 4.51. The molecule has 0 aliphatic carbocycles. The summed E-state index contributed by atoms with van der Waals surface area (Å²) < 4.78 is 2.00. The van der Waals surface area contributed by atoms with Gasteiger partial charge < -0.3 is 0 Å². The highest BCUT2D eigenvalue weighted by Crippen LogP contribution is 2.21. The second kappa shape index (κ2) is 3.63. The Morgan fingerprint density at radius 2 is 1.88 bits per heavy atom. The fourth-order valence-corrected chi connectivity index (χ4v) is 2.48. The molecule has 3 heterocycles. The Kier molecular flexibility index (Phi) is 2.22. The van der Waals surface area contributed by atoms with Crippen molar-refractivity contribution in [1.29, 1.82) is 0 Å². The molecule has 0 atom stereocenters. The first-order valence-electron chi connectivity index (χ1n) is 5.39. The quantitative estimate of drug-likeness (QED) is 0.661. The minimum Gasteiger partial charge on any atom is -0.288 e. The number of hydrogen-bond donors (Lipinski definition) is 0. The molecule has 3 rings (SSSR count). The van der Waals surface area contributed by atoms with E-state index in [2.05, 4.69) is 21.9 Å². The molecule has 5 heteroatoms. The molecule has 0 saturated heterocycles. The van der Waals surface area contributed by atoms with E-state index in [1.807, 2.05) is 35.9 Å². The van der Waals surface area contributed by atoms with Crippen LogP contribution in [0.25, 0.3) is 17.2 Å². The van der Waals surface area contributed by atoms with E-state index in [1.54, 1.807) is 11.3 Å². The summed E-state index contributed by atoms with van der Waals surface area (Å²) in [5, 5.41) is 3.08. The Balaban J connectivity index is 2.23. The molecule has 0 amide bonds. The zero-order chi connectivity index (χ0) is 12.0. The number of aryl methyl sites for hydroxylation is 3. The van der Waals surface area contributed by atoms with Crippen LogP contribution < -0.4 is 0 Å². The monoisotopic (exact) mass is 244 g/mol. The number of imidazole rings is 1. The van der Waals surface area contributed by atoms with Gasteiger partial charge in [0, 0.05) is 23.0 Å². The van der Waals surface area contributed by atoms with Crippen LogP contribution in [0.4, 0.5) is 0 Å². The Hall–Kier alpha value is -1.75. The maximum atomic E-state index is 4.51. The van der Waals surface area contributed by atoms with Crippen molar-refractivity contribution >= 4 is 17.1 Å². The number of hydrogen-bond acceptors (Lipinski definition) is 4. The van der Waals surface area contributed by atoms with E-state index < -0.39 is 0 Å². The summed E-state index contributed by atoms with van der Waals surface area (Å²) in [6, 6.07) is 2.05. The van der Waals surface area contributed by atoms with Crippen LogP contribution in [0.3, 0.4) is 0 Å². The third kappa shape index (κ3) is 1.72. The summed E-state index contributed by atoms with van der Waals surface area (Å²) in [7, 11) is 0. The molecule has 0 aliphatic rings. The molecule has 0 N–H and O–H groups in total. The summed E-state index contributed by atoms with van der Waals surface area (Å²) >= 11 is 1.64. The highest BCUT2D eigenvalue weighted by Gasteiger charge is 2.09. The topological polar surface area (TPSA) is 43.1 Å². The van der Waals surface area contributed by atoms with Gasteiger partial charge in [-0.2, -0.15) is 0 Å². The lowest BCUT2D eigenvalue weighted by molar-refractivity contribution is 1.01. The van der Waals surface area contributed by atoms with E-state index in [9.17, 15) is 0 Å². The molecule has 0 saturated carbocycles. The molecular formula is C12H12N4S. The van der Waals surface area contributed by atoms with Crippen molar-refractivity contribution in [2.45, 2.75) is 20.8 Å². The van der Waals surface area contributed by atoms with E-state index in [-0.39, 0.29) is 0 Å². The second-order valence-electron chi connectivity index (χ2n) is 4.09.